The van der Waals surface area contributed by atoms with Gasteiger partial charge in [0.25, 0.3) is 0 Å². The molecule has 1 aromatic rings. The van der Waals surface area contributed by atoms with E-state index >= 15 is 0 Å². The largest absolute Gasteiger partial charge is 0.319 e. The van der Waals surface area contributed by atoms with Crippen LogP contribution in [0.25, 0.3) is 0 Å². The van der Waals surface area contributed by atoms with Gasteiger partial charge in [0.15, 0.2) is 11.6 Å². The lowest BCUT2D eigenvalue weighted by atomic mass is 9.73. The SMILES string of the molecule is NC1(C(=O)c2ccc(Br)c(Cl)c2F)CCC1. The third kappa shape index (κ3) is 1.79. The van der Waals surface area contributed by atoms with Crippen LogP contribution < -0.4 is 5.73 Å². The number of rotatable bonds is 2. The van der Waals surface area contributed by atoms with Crippen molar-refractivity contribution in [3.8, 4) is 0 Å². The minimum absolute atomic E-state index is 0.0181. The van der Waals surface area contributed by atoms with Crippen LogP contribution in [-0.4, -0.2) is 11.3 Å². The minimum atomic E-state index is -0.891. The second-order valence-corrected chi connectivity index (χ2v) is 5.29. The molecule has 0 saturated heterocycles. The molecule has 0 amide bonds. The van der Waals surface area contributed by atoms with Crippen LogP contribution in [0.4, 0.5) is 4.39 Å². The highest BCUT2D eigenvalue weighted by molar-refractivity contribution is 9.10. The molecule has 1 saturated carbocycles. The third-order valence-electron chi connectivity index (χ3n) is 2.98. The highest BCUT2D eigenvalue weighted by Gasteiger charge is 2.41. The van der Waals surface area contributed by atoms with E-state index in [9.17, 15) is 9.18 Å². The zero-order chi connectivity index (χ0) is 11.9. The number of hydrogen-bond acceptors (Lipinski definition) is 2. The lowest BCUT2D eigenvalue weighted by molar-refractivity contribution is 0.0796. The molecule has 1 aliphatic carbocycles. The number of benzene rings is 1. The molecular formula is C11H10BrClFNO. The molecule has 0 aromatic heterocycles. The molecule has 0 unspecified atom stereocenters. The first-order chi connectivity index (χ1) is 7.46. The van der Waals surface area contributed by atoms with Gasteiger partial charge in [-0.15, -0.1) is 0 Å². The molecule has 2 rings (SSSR count). The smallest absolute Gasteiger partial charge is 0.185 e. The molecule has 1 aromatic carbocycles. The predicted octanol–water partition coefficient (Wildman–Crippen LogP) is 3.31. The molecule has 2 nitrogen and oxygen atoms in total. The average molecular weight is 307 g/mol. The number of nitrogens with two attached hydrogens (primary N) is 1. The second-order valence-electron chi connectivity index (χ2n) is 4.06. The molecule has 86 valence electrons. The summed E-state index contributed by atoms with van der Waals surface area (Å²) in [7, 11) is 0. The fraction of sp³-hybridized carbons (Fsp3) is 0.364. The summed E-state index contributed by atoms with van der Waals surface area (Å²) < 4.78 is 14.2. The van der Waals surface area contributed by atoms with Gasteiger partial charge in [-0.2, -0.15) is 0 Å². The molecule has 1 aliphatic rings. The molecule has 16 heavy (non-hydrogen) atoms. The van der Waals surface area contributed by atoms with Gasteiger partial charge in [0.1, 0.15) is 0 Å². The van der Waals surface area contributed by atoms with Crippen LogP contribution in [0.15, 0.2) is 16.6 Å². The van der Waals surface area contributed by atoms with Gasteiger partial charge in [-0.3, -0.25) is 4.79 Å². The summed E-state index contributed by atoms with van der Waals surface area (Å²) in [5.74, 6) is -1.05. The molecule has 0 radical (unpaired) electrons. The normalized spacial score (nSPS) is 18.0. The van der Waals surface area contributed by atoms with Crippen molar-refractivity contribution < 1.29 is 9.18 Å². The quantitative estimate of drug-likeness (QED) is 0.673. The fourth-order valence-electron chi connectivity index (χ4n) is 1.75. The van der Waals surface area contributed by atoms with Crippen molar-refractivity contribution in [2.24, 2.45) is 5.73 Å². The van der Waals surface area contributed by atoms with E-state index in [2.05, 4.69) is 15.9 Å². The van der Waals surface area contributed by atoms with E-state index in [1.165, 1.54) is 6.07 Å². The van der Waals surface area contributed by atoms with Crippen molar-refractivity contribution >= 4 is 33.3 Å². The number of Topliss-reactive ketones (excluding diaryl/α,β-unsaturated/α-hetero) is 1. The Kier molecular flexibility index (Phi) is 3.07. The number of ketones is 1. The van der Waals surface area contributed by atoms with Gasteiger partial charge in [-0.1, -0.05) is 11.6 Å². The van der Waals surface area contributed by atoms with E-state index in [0.717, 1.165) is 6.42 Å². The van der Waals surface area contributed by atoms with Crippen molar-refractivity contribution in [3.05, 3.63) is 33.0 Å². The fourth-order valence-corrected chi connectivity index (χ4v) is 2.23. The predicted molar refractivity (Wildman–Crippen MR) is 64.2 cm³/mol. The number of carbonyl (C=O) groups is 1. The maximum Gasteiger partial charge on any atom is 0.185 e. The number of carbonyl (C=O) groups excluding carboxylic acids is 1. The topological polar surface area (TPSA) is 43.1 Å². The molecular weight excluding hydrogens is 296 g/mol. The number of halogens is 3. The molecule has 2 N–H and O–H groups in total. The lowest BCUT2D eigenvalue weighted by Gasteiger charge is -2.36. The van der Waals surface area contributed by atoms with E-state index in [4.69, 9.17) is 17.3 Å². The highest BCUT2D eigenvalue weighted by Crippen LogP contribution is 2.35. The van der Waals surface area contributed by atoms with Crippen LogP contribution in [0.3, 0.4) is 0 Å². The van der Waals surface area contributed by atoms with Gasteiger partial charge < -0.3 is 5.73 Å². The van der Waals surface area contributed by atoms with Gasteiger partial charge in [-0.05, 0) is 47.3 Å². The Labute approximate surface area is 106 Å². The Bertz CT molecular complexity index is 460. The van der Waals surface area contributed by atoms with Gasteiger partial charge >= 0.3 is 0 Å². The maximum atomic E-state index is 13.8. The lowest BCUT2D eigenvalue weighted by Crippen LogP contribution is -2.53. The summed E-state index contributed by atoms with van der Waals surface area (Å²) in [4.78, 5) is 12.0. The molecule has 0 atom stereocenters. The standard InChI is InChI=1S/C11H10BrClFNO/c12-7-3-2-6(9(14)8(7)13)10(16)11(15)4-1-5-11/h2-3H,1,4-5,15H2. The monoisotopic (exact) mass is 305 g/mol. The molecule has 5 heteroatoms. The second kappa shape index (κ2) is 4.09. The first-order valence-electron chi connectivity index (χ1n) is 4.93. The van der Waals surface area contributed by atoms with Crippen LogP contribution in [0.1, 0.15) is 29.6 Å². The molecule has 0 bridgehead atoms. The summed E-state index contributed by atoms with van der Waals surface area (Å²) in [5, 5.41) is -0.0752. The molecule has 1 fully saturated rings. The first-order valence-corrected chi connectivity index (χ1v) is 6.10. The number of hydrogen-bond donors (Lipinski definition) is 1. The molecule has 0 spiro atoms. The summed E-state index contributed by atoms with van der Waals surface area (Å²) in [5.41, 5.74) is 4.96. The Morgan fingerprint density at radius 1 is 1.50 bits per heavy atom. The Morgan fingerprint density at radius 2 is 2.12 bits per heavy atom. The van der Waals surface area contributed by atoms with Crippen molar-refractivity contribution in [3.63, 3.8) is 0 Å². The summed E-state index contributed by atoms with van der Waals surface area (Å²) >= 11 is 8.82. The van der Waals surface area contributed by atoms with Crippen LogP contribution in [0, 0.1) is 5.82 Å². The van der Waals surface area contributed by atoms with Gasteiger partial charge in [0.05, 0.1) is 16.1 Å². The van der Waals surface area contributed by atoms with Crippen molar-refractivity contribution in [2.45, 2.75) is 24.8 Å². The summed E-state index contributed by atoms with van der Waals surface area (Å²) in [6.45, 7) is 0. The van der Waals surface area contributed by atoms with Crippen molar-refractivity contribution in [1.29, 1.82) is 0 Å². The van der Waals surface area contributed by atoms with E-state index in [1.54, 1.807) is 6.07 Å². The summed E-state index contributed by atoms with van der Waals surface area (Å²) in [6, 6.07) is 2.97. The Morgan fingerprint density at radius 3 is 2.62 bits per heavy atom. The average Bonchev–Trinajstić information content (AvgIpc) is 2.22. The van der Waals surface area contributed by atoms with Gasteiger partial charge in [-0.25, -0.2) is 4.39 Å². The van der Waals surface area contributed by atoms with E-state index in [-0.39, 0.29) is 16.4 Å². The van der Waals surface area contributed by atoms with Crippen molar-refractivity contribution in [1.82, 2.24) is 0 Å². The Balaban J connectivity index is 2.41. The minimum Gasteiger partial charge on any atom is -0.319 e. The highest BCUT2D eigenvalue weighted by atomic mass is 79.9. The van der Waals surface area contributed by atoms with Crippen LogP contribution in [-0.2, 0) is 0 Å². The van der Waals surface area contributed by atoms with Crippen LogP contribution >= 0.6 is 27.5 Å². The Hall–Kier alpha value is -0.450. The zero-order valence-electron chi connectivity index (χ0n) is 8.40. The zero-order valence-corrected chi connectivity index (χ0v) is 10.7. The van der Waals surface area contributed by atoms with Crippen LogP contribution in [0.2, 0.25) is 5.02 Å². The summed E-state index contributed by atoms with van der Waals surface area (Å²) in [6.07, 6.45) is 2.13. The van der Waals surface area contributed by atoms with Gasteiger partial charge in [0, 0.05) is 4.47 Å². The molecule has 0 heterocycles. The first kappa shape index (κ1) is 12.0. The molecule has 0 aliphatic heterocycles. The van der Waals surface area contributed by atoms with Crippen LogP contribution in [0.5, 0.6) is 0 Å². The third-order valence-corrected chi connectivity index (χ3v) is 4.24. The van der Waals surface area contributed by atoms with E-state index in [0.29, 0.717) is 17.3 Å². The van der Waals surface area contributed by atoms with Gasteiger partial charge in [0.2, 0.25) is 0 Å². The van der Waals surface area contributed by atoms with E-state index in [1.807, 2.05) is 0 Å². The van der Waals surface area contributed by atoms with Crippen molar-refractivity contribution in [2.75, 3.05) is 0 Å². The van der Waals surface area contributed by atoms with E-state index < -0.39 is 11.4 Å². The maximum absolute atomic E-state index is 13.8.